The van der Waals surface area contributed by atoms with E-state index in [1.165, 1.54) is 27.4 Å². The van der Waals surface area contributed by atoms with Crippen molar-refractivity contribution >= 4 is 27.5 Å². The van der Waals surface area contributed by atoms with Crippen molar-refractivity contribution in [1.29, 1.82) is 0 Å². The Morgan fingerprint density at radius 2 is 1.81 bits per heavy atom. The maximum absolute atomic E-state index is 13.0. The lowest BCUT2D eigenvalue weighted by Gasteiger charge is -2.30. The number of ether oxygens (including phenoxy) is 2. The van der Waals surface area contributed by atoms with Crippen molar-refractivity contribution in [2.75, 3.05) is 44.4 Å². The van der Waals surface area contributed by atoms with Gasteiger partial charge < -0.3 is 14.8 Å². The van der Waals surface area contributed by atoms with Crippen molar-refractivity contribution in [3.05, 3.63) is 54.1 Å². The number of nitrogens with zero attached hydrogens (tertiary/aromatic N) is 2. The second kappa shape index (κ2) is 9.04. The minimum atomic E-state index is -3.75. The molecule has 1 N–H and O–H groups in total. The molecular formula is C21H23N3O6S. The van der Waals surface area contributed by atoms with E-state index in [0.717, 1.165) is 5.56 Å². The zero-order chi connectivity index (χ0) is 21.8. The lowest BCUT2D eigenvalue weighted by Crippen LogP contribution is -2.45. The molecule has 0 unspecified atom stereocenters. The van der Waals surface area contributed by atoms with Crippen LogP contribution in [0.15, 0.2) is 53.4 Å². The number of sulfonamides is 1. The summed E-state index contributed by atoms with van der Waals surface area (Å²) in [6.45, 7) is 1.08. The van der Waals surface area contributed by atoms with Gasteiger partial charge in [0.1, 0.15) is 12.3 Å². The summed E-state index contributed by atoms with van der Waals surface area (Å²) < 4.78 is 38.0. The summed E-state index contributed by atoms with van der Waals surface area (Å²) in [5.41, 5.74) is 1.20. The third kappa shape index (κ3) is 4.71. The number of fused-ring (bicyclic) bond motifs is 1. The van der Waals surface area contributed by atoms with E-state index in [4.69, 9.17) is 9.47 Å². The van der Waals surface area contributed by atoms with Crippen LogP contribution in [-0.4, -0.2) is 64.0 Å². The number of carbonyl (C=O) groups excluding carboxylic acids is 2. The van der Waals surface area contributed by atoms with Gasteiger partial charge in [0.15, 0.2) is 6.61 Å². The van der Waals surface area contributed by atoms with Gasteiger partial charge in [-0.1, -0.05) is 30.3 Å². The van der Waals surface area contributed by atoms with E-state index in [1.807, 2.05) is 30.3 Å². The van der Waals surface area contributed by atoms with Gasteiger partial charge in [0, 0.05) is 19.6 Å². The zero-order valence-corrected chi connectivity index (χ0v) is 17.6. The zero-order valence-electron chi connectivity index (χ0n) is 16.8. The summed E-state index contributed by atoms with van der Waals surface area (Å²) in [5, 5.41) is 2.78. The molecule has 2 aliphatic rings. The molecule has 164 valence electrons. The Bertz CT molecular complexity index is 1070. The van der Waals surface area contributed by atoms with Crippen LogP contribution < -0.4 is 15.0 Å². The van der Waals surface area contributed by atoms with Crippen LogP contribution in [0, 0.1) is 0 Å². The molecule has 31 heavy (non-hydrogen) atoms. The molecule has 0 radical (unpaired) electrons. The van der Waals surface area contributed by atoms with Crippen molar-refractivity contribution in [1.82, 2.24) is 9.62 Å². The van der Waals surface area contributed by atoms with Crippen LogP contribution in [-0.2, 0) is 30.9 Å². The Morgan fingerprint density at radius 1 is 1.06 bits per heavy atom. The third-order valence-corrected chi connectivity index (χ3v) is 7.01. The maximum atomic E-state index is 13.0. The molecule has 9 nitrogen and oxygen atoms in total. The Hall–Kier alpha value is -2.95. The molecule has 2 aromatic carbocycles. The second-order valence-corrected chi connectivity index (χ2v) is 9.11. The third-order valence-electron chi connectivity index (χ3n) is 5.12. The summed E-state index contributed by atoms with van der Waals surface area (Å²) in [7, 11) is -3.75. The molecule has 10 heteroatoms. The van der Waals surface area contributed by atoms with Gasteiger partial charge in [-0.15, -0.1) is 0 Å². The van der Waals surface area contributed by atoms with Crippen LogP contribution in [0.2, 0.25) is 0 Å². The highest BCUT2D eigenvalue weighted by molar-refractivity contribution is 7.89. The van der Waals surface area contributed by atoms with E-state index >= 15 is 0 Å². The second-order valence-electron chi connectivity index (χ2n) is 7.18. The Morgan fingerprint density at radius 3 is 2.55 bits per heavy atom. The van der Waals surface area contributed by atoms with Crippen LogP contribution >= 0.6 is 0 Å². The Balaban J connectivity index is 1.53. The largest absolute Gasteiger partial charge is 0.482 e. The van der Waals surface area contributed by atoms with Crippen LogP contribution in [0.1, 0.15) is 5.56 Å². The molecule has 0 bridgehead atoms. The number of anilines is 1. The van der Waals surface area contributed by atoms with Gasteiger partial charge in [-0.3, -0.25) is 14.5 Å². The van der Waals surface area contributed by atoms with Crippen molar-refractivity contribution in [2.24, 2.45) is 0 Å². The summed E-state index contributed by atoms with van der Waals surface area (Å²) >= 11 is 0. The van der Waals surface area contributed by atoms with Gasteiger partial charge in [-0.2, -0.15) is 4.31 Å². The monoisotopic (exact) mass is 445 g/mol. The molecule has 2 aromatic rings. The van der Waals surface area contributed by atoms with Crippen molar-refractivity contribution < 1.29 is 27.5 Å². The Labute approximate surface area is 180 Å². The fraction of sp³-hybridized carbons (Fsp3) is 0.333. The Kier molecular flexibility index (Phi) is 6.21. The van der Waals surface area contributed by atoms with E-state index in [9.17, 15) is 18.0 Å². The molecule has 0 atom stereocenters. The molecule has 4 rings (SSSR count). The van der Waals surface area contributed by atoms with Gasteiger partial charge in [-0.05, 0) is 23.8 Å². The average Bonchev–Trinajstić information content (AvgIpc) is 2.80. The predicted octanol–water partition coefficient (Wildman–Crippen LogP) is 0.749. The fourth-order valence-corrected chi connectivity index (χ4v) is 4.88. The van der Waals surface area contributed by atoms with Gasteiger partial charge >= 0.3 is 0 Å². The number of nitrogens with one attached hydrogen (secondary N) is 1. The number of carbonyl (C=O) groups is 2. The minimum absolute atomic E-state index is 0.0427. The first-order valence-corrected chi connectivity index (χ1v) is 11.3. The first-order chi connectivity index (χ1) is 14.9. The lowest BCUT2D eigenvalue weighted by atomic mass is 10.2. The maximum Gasteiger partial charge on any atom is 0.265 e. The topological polar surface area (TPSA) is 105 Å². The van der Waals surface area contributed by atoms with E-state index in [-0.39, 0.29) is 42.7 Å². The first-order valence-electron chi connectivity index (χ1n) is 9.91. The number of hydrogen-bond acceptors (Lipinski definition) is 6. The van der Waals surface area contributed by atoms with Crippen LogP contribution in [0.25, 0.3) is 0 Å². The molecule has 1 fully saturated rings. The van der Waals surface area contributed by atoms with Gasteiger partial charge in [0.2, 0.25) is 15.9 Å². The summed E-state index contributed by atoms with van der Waals surface area (Å²) in [5.74, 6) is -0.411. The fourth-order valence-electron chi connectivity index (χ4n) is 3.45. The van der Waals surface area contributed by atoms with Crippen LogP contribution in [0.3, 0.4) is 0 Å². The summed E-state index contributed by atoms with van der Waals surface area (Å²) in [4.78, 5) is 26.3. The summed E-state index contributed by atoms with van der Waals surface area (Å²) in [6, 6.07) is 13.8. The van der Waals surface area contributed by atoms with Gasteiger partial charge in [0.05, 0.1) is 23.8 Å². The molecule has 0 spiro atoms. The highest BCUT2D eigenvalue weighted by atomic mass is 32.2. The number of benzene rings is 2. The normalized spacial score (nSPS) is 17.0. The number of morpholine rings is 1. The molecule has 2 amide bonds. The highest BCUT2D eigenvalue weighted by Gasteiger charge is 2.31. The SMILES string of the molecule is O=C(CN1C(=O)COc2ccc(S(=O)(=O)N3CCOCC3)cc21)NCc1ccccc1. The van der Waals surface area contributed by atoms with E-state index in [0.29, 0.717) is 25.5 Å². The highest BCUT2D eigenvalue weighted by Crippen LogP contribution is 2.35. The van der Waals surface area contributed by atoms with E-state index in [1.54, 1.807) is 0 Å². The summed E-state index contributed by atoms with van der Waals surface area (Å²) in [6.07, 6.45) is 0. The molecular weight excluding hydrogens is 422 g/mol. The average molecular weight is 445 g/mol. The van der Waals surface area contributed by atoms with Crippen LogP contribution in [0.4, 0.5) is 5.69 Å². The first kappa shape index (κ1) is 21.3. The molecule has 2 aliphatic heterocycles. The molecule has 0 aliphatic carbocycles. The smallest absolute Gasteiger partial charge is 0.265 e. The van der Waals surface area contributed by atoms with Crippen molar-refractivity contribution in [2.45, 2.75) is 11.4 Å². The standard InChI is InChI=1S/C21H23N3O6S/c25-20(22-13-16-4-2-1-3-5-16)14-24-18-12-17(6-7-19(18)30-15-21(24)26)31(27,28)23-8-10-29-11-9-23/h1-7,12H,8-11,13-15H2,(H,22,25). The lowest BCUT2D eigenvalue weighted by molar-refractivity contribution is -0.125. The molecule has 1 saturated heterocycles. The molecule has 0 aromatic heterocycles. The predicted molar refractivity (Wildman–Crippen MR) is 112 cm³/mol. The number of hydrogen-bond donors (Lipinski definition) is 1. The van der Waals surface area contributed by atoms with E-state index in [2.05, 4.69) is 5.32 Å². The number of amides is 2. The molecule has 0 saturated carbocycles. The molecule has 2 heterocycles. The minimum Gasteiger partial charge on any atom is -0.482 e. The van der Waals surface area contributed by atoms with Crippen molar-refractivity contribution in [3.8, 4) is 5.75 Å². The van der Waals surface area contributed by atoms with Gasteiger partial charge in [-0.25, -0.2) is 8.42 Å². The quantitative estimate of drug-likeness (QED) is 0.704. The number of rotatable bonds is 6. The van der Waals surface area contributed by atoms with Crippen LogP contribution in [0.5, 0.6) is 5.75 Å². The van der Waals surface area contributed by atoms with Crippen molar-refractivity contribution in [3.63, 3.8) is 0 Å². The van der Waals surface area contributed by atoms with E-state index < -0.39 is 15.9 Å². The van der Waals surface area contributed by atoms with Gasteiger partial charge in [0.25, 0.3) is 5.91 Å².